The molecule has 0 amide bonds. The summed E-state index contributed by atoms with van der Waals surface area (Å²) in [5.41, 5.74) is 0.533. The first kappa shape index (κ1) is 14.1. The maximum absolute atomic E-state index is 12.1. The molecule has 0 atom stereocenters. The van der Waals surface area contributed by atoms with Gasteiger partial charge >= 0.3 is 0 Å². The number of halogens is 2. The van der Waals surface area contributed by atoms with E-state index >= 15 is 0 Å². The second-order valence-electron chi connectivity index (χ2n) is 3.59. The van der Waals surface area contributed by atoms with E-state index in [4.69, 9.17) is 11.6 Å². The fraction of sp³-hybridized carbons (Fsp3) is 0.0909. The van der Waals surface area contributed by atoms with E-state index in [-0.39, 0.29) is 0 Å². The van der Waals surface area contributed by atoms with Crippen LogP contribution in [-0.4, -0.2) is 8.42 Å². The molecule has 2 rings (SSSR count). The summed E-state index contributed by atoms with van der Waals surface area (Å²) >= 11 is 9.12. The molecule has 0 bridgehead atoms. The molecule has 0 aliphatic heterocycles. The van der Waals surface area contributed by atoms with E-state index in [0.29, 0.717) is 14.9 Å². The van der Waals surface area contributed by atoms with Gasteiger partial charge in [-0.2, -0.15) is 0 Å². The Morgan fingerprint density at radius 3 is 2.56 bits per heavy atom. The molecule has 1 heterocycles. The largest absolute Gasteiger partial charge is 0.278 e. The van der Waals surface area contributed by atoms with Crippen LogP contribution >= 0.6 is 45.5 Å². The second-order valence-corrected chi connectivity index (χ2v) is 8.39. The third-order valence-corrected chi connectivity index (χ3v) is 6.14. The molecular weight excluding hydrogens is 405 g/mol. The Bertz CT molecular complexity index is 682. The standard InChI is InChI=1S/C11H9ClINO2S2/c1-7-2-5-11(17-7)18(15,16)14-10-4-3-8(12)6-9(10)13/h2-6,14H,1H3. The summed E-state index contributed by atoms with van der Waals surface area (Å²) in [7, 11) is -3.51. The van der Waals surface area contributed by atoms with Gasteiger partial charge in [-0.1, -0.05) is 11.6 Å². The van der Waals surface area contributed by atoms with Gasteiger partial charge in [0, 0.05) is 13.5 Å². The van der Waals surface area contributed by atoms with Gasteiger partial charge in [0.15, 0.2) is 0 Å². The molecule has 0 saturated carbocycles. The molecule has 0 saturated heterocycles. The molecular formula is C11H9ClINO2S2. The van der Waals surface area contributed by atoms with Crippen LogP contribution in [0.15, 0.2) is 34.5 Å². The zero-order valence-electron chi connectivity index (χ0n) is 9.28. The van der Waals surface area contributed by atoms with Crippen LogP contribution < -0.4 is 4.72 Å². The predicted molar refractivity (Wildman–Crippen MR) is 84.0 cm³/mol. The van der Waals surface area contributed by atoms with Gasteiger partial charge in [0.1, 0.15) is 4.21 Å². The predicted octanol–water partition coefficient (Wildman–Crippen LogP) is 4.12. The van der Waals surface area contributed by atoms with E-state index in [9.17, 15) is 8.42 Å². The van der Waals surface area contributed by atoms with E-state index in [0.717, 1.165) is 8.45 Å². The zero-order valence-corrected chi connectivity index (χ0v) is 13.8. The van der Waals surface area contributed by atoms with Crippen LogP contribution in [0.3, 0.4) is 0 Å². The van der Waals surface area contributed by atoms with Gasteiger partial charge in [0.2, 0.25) is 0 Å². The number of hydrogen-bond acceptors (Lipinski definition) is 3. The minimum absolute atomic E-state index is 0.311. The zero-order chi connectivity index (χ0) is 13.3. The Kier molecular flexibility index (Phi) is 4.20. The highest BCUT2D eigenvalue weighted by Crippen LogP contribution is 2.27. The number of thiophene rings is 1. The van der Waals surface area contributed by atoms with Crippen molar-refractivity contribution in [2.75, 3.05) is 4.72 Å². The van der Waals surface area contributed by atoms with Crippen molar-refractivity contribution in [3.63, 3.8) is 0 Å². The molecule has 1 aromatic heterocycles. The lowest BCUT2D eigenvalue weighted by atomic mass is 10.3. The van der Waals surface area contributed by atoms with Gasteiger partial charge in [-0.25, -0.2) is 8.42 Å². The van der Waals surface area contributed by atoms with Gasteiger partial charge in [-0.05, 0) is 59.8 Å². The summed E-state index contributed by atoms with van der Waals surface area (Å²) in [5, 5.41) is 0.578. The van der Waals surface area contributed by atoms with Crippen molar-refractivity contribution >= 4 is 61.2 Å². The molecule has 0 unspecified atom stereocenters. The quantitative estimate of drug-likeness (QED) is 0.770. The molecule has 3 nitrogen and oxygen atoms in total. The van der Waals surface area contributed by atoms with Crippen LogP contribution in [-0.2, 0) is 10.0 Å². The fourth-order valence-corrected chi connectivity index (χ4v) is 4.88. The third kappa shape index (κ3) is 3.17. The third-order valence-electron chi connectivity index (χ3n) is 2.16. The maximum Gasteiger partial charge on any atom is 0.271 e. The molecule has 0 aliphatic carbocycles. The van der Waals surface area contributed by atoms with E-state index in [1.54, 1.807) is 30.3 Å². The van der Waals surface area contributed by atoms with Crippen LogP contribution in [0.5, 0.6) is 0 Å². The summed E-state index contributed by atoms with van der Waals surface area (Å²) in [6, 6.07) is 8.40. The van der Waals surface area contributed by atoms with Crippen molar-refractivity contribution in [2.45, 2.75) is 11.1 Å². The molecule has 18 heavy (non-hydrogen) atoms. The van der Waals surface area contributed by atoms with E-state index in [2.05, 4.69) is 4.72 Å². The summed E-state index contributed by atoms with van der Waals surface area (Å²) in [4.78, 5) is 0.959. The van der Waals surface area contributed by atoms with Gasteiger partial charge in [0.05, 0.1) is 5.69 Å². The minimum atomic E-state index is -3.51. The lowest BCUT2D eigenvalue weighted by Gasteiger charge is -2.08. The Labute approximate surface area is 128 Å². The molecule has 0 spiro atoms. The number of nitrogens with one attached hydrogen (secondary N) is 1. The van der Waals surface area contributed by atoms with Crippen molar-refractivity contribution in [1.82, 2.24) is 0 Å². The van der Waals surface area contributed by atoms with Gasteiger partial charge in [-0.3, -0.25) is 4.72 Å². The van der Waals surface area contributed by atoms with Crippen molar-refractivity contribution in [2.24, 2.45) is 0 Å². The molecule has 7 heteroatoms. The number of hydrogen-bond donors (Lipinski definition) is 1. The first-order valence-corrected chi connectivity index (χ1v) is 8.68. The van der Waals surface area contributed by atoms with Crippen molar-refractivity contribution in [3.8, 4) is 0 Å². The van der Waals surface area contributed by atoms with Crippen molar-refractivity contribution < 1.29 is 8.42 Å². The Morgan fingerprint density at radius 2 is 2.00 bits per heavy atom. The lowest BCUT2D eigenvalue weighted by Crippen LogP contribution is -2.12. The van der Waals surface area contributed by atoms with Gasteiger partial charge < -0.3 is 0 Å². The summed E-state index contributed by atoms with van der Waals surface area (Å²) in [6.07, 6.45) is 0. The molecule has 0 radical (unpaired) electrons. The topological polar surface area (TPSA) is 46.2 Å². The average molecular weight is 414 g/mol. The normalized spacial score (nSPS) is 11.5. The summed E-state index contributed by atoms with van der Waals surface area (Å²) in [6.45, 7) is 1.87. The highest BCUT2D eigenvalue weighted by molar-refractivity contribution is 14.1. The number of anilines is 1. The number of sulfonamides is 1. The number of benzene rings is 1. The van der Waals surface area contributed by atoms with Crippen LogP contribution in [0.4, 0.5) is 5.69 Å². The van der Waals surface area contributed by atoms with Crippen LogP contribution in [0.25, 0.3) is 0 Å². The molecule has 2 aromatic rings. The smallest absolute Gasteiger partial charge is 0.271 e. The minimum Gasteiger partial charge on any atom is -0.278 e. The Hall–Kier alpha value is -0.310. The first-order valence-electron chi connectivity index (χ1n) is 4.93. The first-order chi connectivity index (χ1) is 8.38. The van der Waals surface area contributed by atoms with Crippen LogP contribution in [0.2, 0.25) is 5.02 Å². The fourth-order valence-electron chi connectivity index (χ4n) is 1.32. The van der Waals surface area contributed by atoms with Crippen molar-refractivity contribution in [3.05, 3.63) is 43.8 Å². The summed E-state index contributed by atoms with van der Waals surface area (Å²) < 4.78 is 27.9. The number of aryl methyl sites for hydroxylation is 1. The highest BCUT2D eigenvalue weighted by atomic mass is 127. The average Bonchev–Trinajstić information content (AvgIpc) is 2.70. The SMILES string of the molecule is Cc1ccc(S(=O)(=O)Nc2ccc(Cl)cc2I)s1. The van der Waals surface area contributed by atoms with E-state index < -0.39 is 10.0 Å². The molecule has 1 N–H and O–H groups in total. The maximum atomic E-state index is 12.1. The lowest BCUT2D eigenvalue weighted by molar-refractivity contribution is 0.603. The Morgan fingerprint density at radius 1 is 1.28 bits per heavy atom. The molecule has 96 valence electrons. The van der Waals surface area contributed by atoms with Crippen LogP contribution in [0.1, 0.15) is 4.88 Å². The molecule has 0 aliphatic rings. The highest BCUT2D eigenvalue weighted by Gasteiger charge is 2.17. The van der Waals surface area contributed by atoms with Gasteiger partial charge in [-0.15, -0.1) is 11.3 Å². The van der Waals surface area contributed by atoms with E-state index in [1.807, 2.05) is 29.5 Å². The monoisotopic (exact) mass is 413 g/mol. The molecule has 0 fully saturated rings. The van der Waals surface area contributed by atoms with Gasteiger partial charge in [0.25, 0.3) is 10.0 Å². The Balaban J connectivity index is 2.33. The number of rotatable bonds is 3. The summed E-state index contributed by atoms with van der Waals surface area (Å²) in [5.74, 6) is 0. The van der Waals surface area contributed by atoms with E-state index in [1.165, 1.54) is 11.3 Å². The van der Waals surface area contributed by atoms with Crippen LogP contribution in [0, 0.1) is 10.5 Å². The van der Waals surface area contributed by atoms with Crippen molar-refractivity contribution in [1.29, 1.82) is 0 Å². The molecule has 1 aromatic carbocycles. The second kappa shape index (κ2) is 5.36.